The highest BCUT2D eigenvalue weighted by Gasteiger charge is 2.33. The number of likely N-dealkylation sites (N-methyl/N-ethyl adjacent to an activating group) is 1. The predicted octanol–water partition coefficient (Wildman–Crippen LogP) is 2.42. The van der Waals surface area contributed by atoms with Crippen LogP contribution in [0.25, 0.3) is 0 Å². The quantitative estimate of drug-likeness (QED) is 0.842. The van der Waals surface area contributed by atoms with Crippen LogP contribution in [0.1, 0.15) is 26.3 Å². The topological polar surface area (TPSA) is 23.6 Å². The summed E-state index contributed by atoms with van der Waals surface area (Å²) >= 11 is 0. The molecule has 20 heavy (non-hydrogen) atoms. The number of carbonyl (C=O) groups excluding carboxylic acids is 1. The summed E-state index contributed by atoms with van der Waals surface area (Å²) in [6.45, 7) is 11.1. The summed E-state index contributed by atoms with van der Waals surface area (Å²) in [6.07, 6.45) is 0.806. The molecule has 3 heteroatoms. The number of carbonyl (C=O) groups is 1. The highest BCUT2D eigenvalue weighted by Crippen LogP contribution is 2.25. The van der Waals surface area contributed by atoms with Gasteiger partial charge >= 0.3 is 0 Å². The fraction of sp³-hybridized carbons (Fsp3) is 0.588. The van der Waals surface area contributed by atoms with Gasteiger partial charge in [-0.1, -0.05) is 51.1 Å². The second-order valence-corrected chi connectivity index (χ2v) is 6.27. The third kappa shape index (κ3) is 3.60. The van der Waals surface area contributed by atoms with Crippen molar-refractivity contribution in [1.82, 2.24) is 9.80 Å². The fourth-order valence-corrected chi connectivity index (χ4v) is 2.88. The zero-order chi connectivity index (χ0) is 14.6. The van der Waals surface area contributed by atoms with E-state index < -0.39 is 0 Å². The first kappa shape index (κ1) is 15.0. The number of hydrogen-bond donors (Lipinski definition) is 0. The summed E-state index contributed by atoms with van der Waals surface area (Å²) in [5, 5.41) is 0. The molecule has 0 N–H and O–H groups in total. The Kier molecular flexibility index (Phi) is 4.81. The molecule has 0 aliphatic carbocycles. The monoisotopic (exact) mass is 274 g/mol. The normalized spacial score (nSPS) is 17.2. The van der Waals surface area contributed by atoms with Gasteiger partial charge in [-0.15, -0.1) is 0 Å². The van der Waals surface area contributed by atoms with Crippen molar-refractivity contribution in [3.63, 3.8) is 0 Å². The number of amides is 1. The Morgan fingerprint density at radius 3 is 2.25 bits per heavy atom. The Morgan fingerprint density at radius 2 is 1.70 bits per heavy atom. The Hall–Kier alpha value is -1.35. The number of benzene rings is 1. The molecule has 2 rings (SSSR count). The van der Waals surface area contributed by atoms with E-state index in [4.69, 9.17) is 0 Å². The van der Waals surface area contributed by atoms with Gasteiger partial charge in [0.1, 0.15) is 0 Å². The lowest BCUT2D eigenvalue weighted by molar-refractivity contribution is -0.142. The lowest BCUT2D eigenvalue weighted by Gasteiger charge is -2.38. The first-order valence-corrected chi connectivity index (χ1v) is 7.58. The molecule has 0 aromatic heterocycles. The maximum Gasteiger partial charge on any atom is 0.228 e. The van der Waals surface area contributed by atoms with Gasteiger partial charge in [0.25, 0.3) is 0 Å². The lowest BCUT2D eigenvalue weighted by Crippen LogP contribution is -2.52. The Labute approximate surface area is 122 Å². The summed E-state index contributed by atoms with van der Waals surface area (Å²) in [4.78, 5) is 17.2. The van der Waals surface area contributed by atoms with Gasteiger partial charge in [0, 0.05) is 31.6 Å². The minimum atomic E-state index is -0.324. The number of piperazine rings is 1. The summed E-state index contributed by atoms with van der Waals surface area (Å²) in [5.41, 5.74) is 0.911. The van der Waals surface area contributed by atoms with Crippen molar-refractivity contribution in [1.29, 1.82) is 0 Å². The van der Waals surface area contributed by atoms with E-state index in [1.807, 2.05) is 23.1 Å². The standard InChI is InChI=1S/C17H26N2O/c1-4-18-10-12-19(13-11-18)16(20)17(2,3)14-15-8-6-5-7-9-15/h5-9H,4,10-14H2,1-3H3. The first-order valence-electron chi connectivity index (χ1n) is 7.58. The minimum Gasteiger partial charge on any atom is -0.340 e. The van der Waals surface area contributed by atoms with Gasteiger partial charge in [-0.2, -0.15) is 0 Å². The van der Waals surface area contributed by atoms with Crippen LogP contribution in [-0.2, 0) is 11.2 Å². The third-order valence-electron chi connectivity index (χ3n) is 4.17. The highest BCUT2D eigenvalue weighted by atomic mass is 16.2. The Bertz CT molecular complexity index is 434. The van der Waals surface area contributed by atoms with E-state index in [1.54, 1.807) is 0 Å². The van der Waals surface area contributed by atoms with Crippen LogP contribution in [0.2, 0.25) is 0 Å². The zero-order valence-electron chi connectivity index (χ0n) is 12.9. The predicted molar refractivity (Wildman–Crippen MR) is 82.6 cm³/mol. The minimum absolute atomic E-state index is 0.289. The first-order chi connectivity index (χ1) is 9.53. The Balaban J connectivity index is 1.97. The molecule has 0 atom stereocenters. The fourth-order valence-electron chi connectivity index (χ4n) is 2.88. The van der Waals surface area contributed by atoms with E-state index in [0.29, 0.717) is 0 Å². The van der Waals surface area contributed by atoms with Gasteiger partial charge in [0.2, 0.25) is 5.91 Å². The van der Waals surface area contributed by atoms with Crippen molar-refractivity contribution in [3.05, 3.63) is 35.9 Å². The largest absolute Gasteiger partial charge is 0.340 e. The summed E-state index contributed by atoms with van der Waals surface area (Å²) in [5.74, 6) is 0.289. The van der Waals surface area contributed by atoms with Crippen LogP contribution >= 0.6 is 0 Å². The van der Waals surface area contributed by atoms with Crippen LogP contribution in [0.5, 0.6) is 0 Å². The molecular weight excluding hydrogens is 248 g/mol. The molecule has 1 aromatic carbocycles. The molecule has 0 saturated carbocycles. The number of nitrogens with zero attached hydrogens (tertiary/aromatic N) is 2. The van der Waals surface area contributed by atoms with Crippen LogP contribution in [0, 0.1) is 5.41 Å². The lowest BCUT2D eigenvalue weighted by atomic mass is 9.84. The summed E-state index contributed by atoms with van der Waals surface area (Å²) in [6, 6.07) is 10.3. The second-order valence-electron chi connectivity index (χ2n) is 6.27. The van der Waals surface area contributed by atoms with Crippen LogP contribution in [0.4, 0.5) is 0 Å². The van der Waals surface area contributed by atoms with Crippen LogP contribution < -0.4 is 0 Å². The van der Waals surface area contributed by atoms with E-state index in [-0.39, 0.29) is 11.3 Å². The molecule has 0 unspecified atom stereocenters. The van der Waals surface area contributed by atoms with Crippen molar-refractivity contribution in [2.45, 2.75) is 27.2 Å². The molecular formula is C17H26N2O. The SMILES string of the molecule is CCN1CCN(C(=O)C(C)(C)Cc2ccccc2)CC1. The average molecular weight is 274 g/mol. The van der Waals surface area contributed by atoms with Crippen LogP contribution in [0.3, 0.4) is 0 Å². The molecule has 1 aliphatic heterocycles. The van der Waals surface area contributed by atoms with Crippen LogP contribution in [-0.4, -0.2) is 48.4 Å². The second kappa shape index (κ2) is 6.40. The molecule has 1 aromatic rings. The van der Waals surface area contributed by atoms with Gasteiger partial charge in [-0.3, -0.25) is 4.79 Å². The maximum absolute atomic E-state index is 12.7. The van der Waals surface area contributed by atoms with Gasteiger partial charge in [0.15, 0.2) is 0 Å². The van der Waals surface area contributed by atoms with E-state index in [9.17, 15) is 4.79 Å². The molecule has 1 saturated heterocycles. The molecule has 1 heterocycles. The molecule has 110 valence electrons. The molecule has 1 aliphatic rings. The number of hydrogen-bond acceptors (Lipinski definition) is 2. The molecule has 1 amide bonds. The third-order valence-corrected chi connectivity index (χ3v) is 4.17. The Morgan fingerprint density at radius 1 is 1.10 bits per heavy atom. The van der Waals surface area contributed by atoms with E-state index in [1.165, 1.54) is 5.56 Å². The van der Waals surface area contributed by atoms with Gasteiger partial charge < -0.3 is 9.80 Å². The van der Waals surface area contributed by atoms with Crippen molar-refractivity contribution >= 4 is 5.91 Å². The molecule has 0 radical (unpaired) electrons. The summed E-state index contributed by atoms with van der Waals surface area (Å²) < 4.78 is 0. The van der Waals surface area contributed by atoms with E-state index in [0.717, 1.165) is 39.1 Å². The smallest absolute Gasteiger partial charge is 0.228 e. The van der Waals surface area contributed by atoms with Crippen LogP contribution in [0.15, 0.2) is 30.3 Å². The molecule has 0 spiro atoms. The molecule has 1 fully saturated rings. The van der Waals surface area contributed by atoms with E-state index in [2.05, 4.69) is 37.8 Å². The van der Waals surface area contributed by atoms with E-state index >= 15 is 0 Å². The van der Waals surface area contributed by atoms with Crippen molar-refractivity contribution in [2.75, 3.05) is 32.7 Å². The van der Waals surface area contributed by atoms with Gasteiger partial charge in [-0.05, 0) is 18.5 Å². The summed E-state index contributed by atoms with van der Waals surface area (Å²) in [7, 11) is 0. The van der Waals surface area contributed by atoms with Crippen molar-refractivity contribution in [2.24, 2.45) is 5.41 Å². The number of rotatable bonds is 4. The molecule has 0 bridgehead atoms. The molecule has 3 nitrogen and oxygen atoms in total. The van der Waals surface area contributed by atoms with Crippen molar-refractivity contribution < 1.29 is 4.79 Å². The highest BCUT2D eigenvalue weighted by molar-refractivity contribution is 5.82. The van der Waals surface area contributed by atoms with Crippen molar-refractivity contribution in [3.8, 4) is 0 Å². The average Bonchev–Trinajstić information content (AvgIpc) is 2.47. The van der Waals surface area contributed by atoms with Gasteiger partial charge in [0.05, 0.1) is 0 Å². The maximum atomic E-state index is 12.7. The zero-order valence-corrected chi connectivity index (χ0v) is 12.9. The van der Waals surface area contributed by atoms with Gasteiger partial charge in [-0.25, -0.2) is 0 Å².